The number of methoxy groups -OCH3 is 1. The maximum atomic E-state index is 13.8. The van der Waals surface area contributed by atoms with Crippen molar-refractivity contribution in [2.75, 3.05) is 12.1 Å². The number of alkyl halides is 3. The Morgan fingerprint density at radius 1 is 1.15 bits per heavy atom. The van der Waals surface area contributed by atoms with Crippen molar-refractivity contribution in [3.8, 4) is 5.75 Å². The van der Waals surface area contributed by atoms with Crippen LogP contribution in [0.5, 0.6) is 5.75 Å². The van der Waals surface area contributed by atoms with Crippen molar-refractivity contribution >= 4 is 32.4 Å². The fourth-order valence-electron chi connectivity index (χ4n) is 2.95. The Bertz CT molecular complexity index is 1000. The Balaban J connectivity index is 1.86. The lowest BCUT2D eigenvalue weighted by molar-refractivity contribution is -0.254. The smallest absolute Gasteiger partial charge is 0.438 e. The molecule has 0 amide bonds. The van der Waals surface area contributed by atoms with E-state index in [1.165, 1.54) is 7.11 Å². The second kappa shape index (κ2) is 6.21. The Kier molecular flexibility index (Phi) is 4.08. The van der Waals surface area contributed by atoms with Crippen LogP contribution in [0.15, 0.2) is 53.6 Å². The quantitative estimate of drug-likeness (QED) is 0.726. The molecule has 2 aromatic carbocycles. The van der Waals surface area contributed by atoms with E-state index in [0.29, 0.717) is 26.5 Å². The van der Waals surface area contributed by atoms with Crippen LogP contribution in [0.4, 0.5) is 18.3 Å². The molecule has 0 saturated heterocycles. The predicted octanol–water partition coefficient (Wildman–Crippen LogP) is 4.17. The molecule has 4 rings (SSSR count). The molecule has 2 heterocycles. The van der Waals surface area contributed by atoms with Gasteiger partial charge in [-0.3, -0.25) is 0 Å². The van der Waals surface area contributed by atoms with Crippen molar-refractivity contribution in [2.24, 2.45) is 5.10 Å². The van der Waals surface area contributed by atoms with Gasteiger partial charge in [0.1, 0.15) is 5.75 Å². The number of aliphatic hydroxyl groups is 1. The Morgan fingerprint density at radius 2 is 1.85 bits per heavy atom. The lowest BCUT2D eigenvalue weighted by Gasteiger charge is -2.32. The van der Waals surface area contributed by atoms with E-state index in [1.807, 2.05) is 0 Å². The molecule has 0 aliphatic carbocycles. The number of para-hydroxylation sites is 2. The molecule has 0 saturated carbocycles. The third kappa shape index (κ3) is 2.83. The second-order valence-electron chi connectivity index (χ2n) is 6.01. The largest absolute Gasteiger partial charge is 0.496 e. The minimum atomic E-state index is -4.93. The number of hydrogen-bond acceptors (Lipinski definition) is 6. The maximum Gasteiger partial charge on any atom is 0.438 e. The lowest BCUT2D eigenvalue weighted by atomic mass is 10.0. The average molecular weight is 393 g/mol. The third-order valence-electron chi connectivity index (χ3n) is 4.32. The molecule has 0 bridgehead atoms. The van der Waals surface area contributed by atoms with Gasteiger partial charge < -0.3 is 9.84 Å². The summed E-state index contributed by atoms with van der Waals surface area (Å²) in [4.78, 5) is 4.22. The Morgan fingerprint density at radius 3 is 2.56 bits per heavy atom. The fourth-order valence-corrected chi connectivity index (χ4v) is 3.94. The number of hydrogen-bond donors (Lipinski definition) is 1. The molecule has 0 fully saturated rings. The monoisotopic (exact) mass is 393 g/mol. The summed E-state index contributed by atoms with van der Waals surface area (Å²) in [7, 11) is 1.43. The number of ether oxygens (including phenoxy) is 1. The zero-order valence-corrected chi connectivity index (χ0v) is 14.9. The first-order chi connectivity index (χ1) is 12.8. The van der Waals surface area contributed by atoms with Crippen LogP contribution < -0.4 is 9.75 Å². The van der Waals surface area contributed by atoms with Crippen molar-refractivity contribution in [1.29, 1.82) is 0 Å². The van der Waals surface area contributed by atoms with Gasteiger partial charge in [-0.25, -0.2) is 4.98 Å². The van der Waals surface area contributed by atoms with Gasteiger partial charge in [0.05, 0.1) is 29.5 Å². The van der Waals surface area contributed by atoms with Gasteiger partial charge in [0, 0.05) is 5.56 Å². The standard InChI is InChI=1S/C18H14F3N3O2S/c1-26-14-8-4-2-6-11(14)13-10-17(25,18(19,20)21)24(23-13)16-22-12-7-3-5-9-15(12)27-16/h2-9,25H,10H2,1H3/t17-/m0/s1. The van der Waals surface area contributed by atoms with E-state index >= 15 is 0 Å². The van der Waals surface area contributed by atoms with E-state index in [0.717, 1.165) is 11.3 Å². The lowest BCUT2D eigenvalue weighted by Crippen LogP contribution is -2.55. The molecule has 1 aliphatic heterocycles. The van der Waals surface area contributed by atoms with Crippen molar-refractivity contribution < 1.29 is 23.0 Å². The molecule has 1 aromatic heterocycles. The summed E-state index contributed by atoms with van der Waals surface area (Å²) in [6, 6.07) is 13.6. The van der Waals surface area contributed by atoms with Crippen LogP contribution in [0.2, 0.25) is 0 Å². The van der Waals surface area contributed by atoms with Crippen LogP contribution in [0.3, 0.4) is 0 Å². The first-order valence-corrected chi connectivity index (χ1v) is 8.81. The van der Waals surface area contributed by atoms with E-state index in [9.17, 15) is 18.3 Å². The van der Waals surface area contributed by atoms with E-state index in [4.69, 9.17) is 4.74 Å². The number of anilines is 1. The summed E-state index contributed by atoms with van der Waals surface area (Å²) in [5, 5.41) is 15.2. The Labute approximate surface area is 156 Å². The second-order valence-corrected chi connectivity index (χ2v) is 7.02. The molecule has 140 valence electrons. The van der Waals surface area contributed by atoms with Gasteiger partial charge in [-0.05, 0) is 24.3 Å². The molecule has 9 heteroatoms. The summed E-state index contributed by atoms with van der Waals surface area (Å²) in [5.74, 6) is 0.381. The van der Waals surface area contributed by atoms with E-state index in [1.54, 1.807) is 48.5 Å². The highest BCUT2D eigenvalue weighted by Gasteiger charge is 2.62. The molecule has 1 atom stereocenters. The highest BCUT2D eigenvalue weighted by Crippen LogP contribution is 2.46. The van der Waals surface area contributed by atoms with Gasteiger partial charge in [-0.15, -0.1) is 0 Å². The predicted molar refractivity (Wildman–Crippen MR) is 97.3 cm³/mol. The number of aromatic nitrogens is 1. The Hall–Kier alpha value is -2.65. The van der Waals surface area contributed by atoms with E-state index in [2.05, 4.69) is 10.1 Å². The van der Waals surface area contributed by atoms with Crippen molar-refractivity contribution in [1.82, 2.24) is 4.98 Å². The van der Waals surface area contributed by atoms with Gasteiger partial charge in [-0.1, -0.05) is 35.6 Å². The molecule has 0 radical (unpaired) electrons. The topological polar surface area (TPSA) is 58.0 Å². The number of thiazole rings is 1. The molecular weight excluding hydrogens is 379 g/mol. The zero-order valence-electron chi connectivity index (χ0n) is 14.1. The number of fused-ring (bicyclic) bond motifs is 1. The van der Waals surface area contributed by atoms with Gasteiger partial charge in [0.25, 0.3) is 5.72 Å². The number of rotatable bonds is 3. The number of hydrazone groups is 1. The molecule has 5 nitrogen and oxygen atoms in total. The number of nitrogens with zero attached hydrogens (tertiary/aromatic N) is 3. The minimum absolute atomic E-state index is 0.0269. The minimum Gasteiger partial charge on any atom is -0.496 e. The van der Waals surface area contributed by atoms with Crippen molar-refractivity contribution in [3.63, 3.8) is 0 Å². The normalized spacial score (nSPS) is 20.2. The summed E-state index contributed by atoms with van der Waals surface area (Å²) < 4.78 is 47.3. The number of halogens is 3. The van der Waals surface area contributed by atoms with E-state index < -0.39 is 18.3 Å². The van der Waals surface area contributed by atoms with Crippen LogP contribution in [0.1, 0.15) is 12.0 Å². The van der Waals surface area contributed by atoms with Crippen molar-refractivity contribution in [3.05, 3.63) is 54.1 Å². The van der Waals surface area contributed by atoms with Gasteiger partial charge in [0.15, 0.2) is 0 Å². The molecule has 3 aromatic rings. The van der Waals surface area contributed by atoms with Crippen LogP contribution in [0.25, 0.3) is 10.2 Å². The highest BCUT2D eigenvalue weighted by atomic mass is 32.1. The fraction of sp³-hybridized carbons (Fsp3) is 0.222. The first kappa shape index (κ1) is 17.7. The summed E-state index contributed by atoms with van der Waals surface area (Å²) in [6.07, 6.45) is -5.66. The molecule has 1 N–H and O–H groups in total. The van der Waals surface area contributed by atoms with Gasteiger partial charge >= 0.3 is 6.18 Å². The van der Waals surface area contributed by atoms with Gasteiger partial charge in [0.2, 0.25) is 5.13 Å². The molecular formula is C18H14F3N3O2S. The van der Waals surface area contributed by atoms with Gasteiger partial charge in [-0.2, -0.15) is 23.3 Å². The summed E-state index contributed by atoms with van der Waals surface area (Å²) in [6.45, 7) is 0. The van der Waals surface area contributed by atoms with E-state index in [-0.39, 0.29) is 10.8 Å². The van der Waals surface area contributed by atoms with Crippen molar-refractivity contribution in [2.45, 2.75) is 18.3 Å². The van der Waals surface area contributed by atoms with Crippen LogP contribution in [-0.2, 0) is 0 Å². The first-order valence-electron chi connectivity index (χ1n) is 7.99. The zero-order chi connectivity index (χ0) is 19.2. The SMILES string of the molecule is COc1ccccc1C1=NN(c2nc3ccccc3s2)[C@@](O)(C(F)(F)F)C1. The molecule has 27 heavy (non-hydrogen) atoms. The van der Waals surface area contributed by atoms with Crippen LogP contribution >= 0.6 is 11.3 Å². The molecule has 0 spiro atoms. The maximum absolute atomic E-state index is 13.8. The summed E-state index contributed by atoms with van der Waals surface area (Å²) in [5.41, 5.74) is -2.17. The third-order valence-corrected chi connectivity index (χ3v) is 5.33. The highest BCUT2D eigenvalue weighted by molar-refractivity contribution is 7.22. The molecule has 1 aliphatic rings. The van der Waals surface area contributed by atoms with Crippen LogP contribution in [-0.4, -0.2) is 34.8 Å². The average Bonchev–Trinajstić information content (AvgIpc) is 3.22. The summed E-state index contributed by atoms with van der Waals surface area (Å²) >= 11 is 1.04. The molecule has 0 unspecified atom stereocenters. The number of benzene rings is 2. The van der Waals surface area contributed by atoms with Crippen LogP contribution in [0, 0.1) is 0 Å².